The smallest absolute Gasteiger partial charge is 0.239 e. The van der Waals surface area contributed by atoms with Crippen molar-refractivity contribution >= 4 is 35.8 Å². The summed E-state index contributed by atoms with van der Waals surface area (Å²) in [4.78, 5) is 16.1. The van der Waals surface area contributed by atoms with Crippen LogP contribution in [0.3, 0.4) is 0 Å². The molecule has 1 amide bonds. The molecular weight excluding hydrogens is 471 g/mol. The second kappa shape index (κ2) is 10.7. The molecule has 0 fully saturated rings. The predicted octanol–water partition coefficient (Wildman–Crippen LogP) is 2.61. The van der Waals surface area contributed by atoms with Gasteiger partial charge in [-0.2, -0.15) is 0 Å². The van der Waals surface area contributed by atoms with E-state index in [2.05, 4.69) is 33.9 Å². The number of aliphatic imine (C=N–C) groups is 1. The molecule has 0 bridgehead atoms. The molecule has 28 heavy (non-hydrogen) atoms. The van der Waals surface area contributed by atoms with Crippen LogP contribution in [-0.4, -0.2) is 43.7 Å². The molecule has 1 aromatic rings. The number of carbonyl (C=O) groups excluding carboxylic acids is 1. The van der Waals surface area contributed by atoms with Gasteiger partial charge in [-0.1, -0.05) is 0 Å². The Balaban J connectivity index is 0.00000392. The minimum absolute atomic E-state index is 0. The van der Waals surface area contributed by atoms with Gasteiger partial charge in [0, 0.05) is 36.7 Å². The summed E-state index contributed by atoms with van der Waals surface area (Å²) in [6.45, 7) is 11.1. The van der Waals surface area contributed by atoms with Crippen molar-refractivity contribution in [2.75, 3.05) is 20.2 Å². The largest absolute Gasteiger partial charge is 0.494 e. The Bertz CT molecular complexity index is 701. The molecule has 0 radical (unpaired) electrons. The second-order valence-electron chi connectivity index (χ2n) is 7.71. The minimum Gasteiger partial charge on any atom is -0.494 e. The van der Waals surface area contributed by atoms with Crippen molar-refractivity contribution in [2.24, 2.45) is 4.99 Å². The second-order valence-corrected chi connectivity index (χ2v) is 7.71. The number of benzene rings is 1. The SMILES string of the molecule is CCOc1cc2c(cc1CNC(=NC)NCC(=O)NC(C)(C)C)OC(C)C2.I. The van der Waals surface area contributed by atoms with E-state index in [0.29, 0.717) is 19.1 Å². The molecule has 7 nitrogen and oxygen atoms in total. The number of carbonyl (C=O) groups is 1. The van der Waals surface area contributed by atoms with Crippen molar-refractivity contribution in [2.45, 2.75) is 59.2 Å². The lowest BCUT2D eigenvalue weighted by molar-refractivity contribution is -0.121. The van der Waals surface area contributed by atoms with Crippen LogP contribution in [-0.2, 0) is 17.8 Å². The summed E-state index contributed by atoms with van der Waals surface area (Å²) >= 11 is 0. The van der Waals surface area contributed by atoms with Crippen LogP contribution >= 0.6 is 24.0 Å². The molecule has 0 saturated carbocycles. The van der Waals surface area contributed by atoms with E-state index < -0.39 is 0 Å². The van der Waals surface area contributed by atoms with E-state index in [0.717, 1.165) is 23.5 Å². The molecule has 3 N–H and O–H groups in total. The highest BCUT2D eigenvalue weighted by Crippen LogP contribution is 2.35. The van der Waals surface area contributed by atoms with Gasteiger partial charge in [-0.15, -0.1) is 24.0 Å². The summed E-state index contributed by atoms with van der Waals surface area (Å²) in [5.41, 5.74) is 1.91. The zero-order valence-electron chi connectivity index (χ0n) is 17.6. The Kier molecular flexibility index (Phi) is 9.32. The minimum atomic E-state index is -0.260. The summed E-state index contributed by atoms with van der Waals surface area (Å²) in [5, 5.41) is 9.17. The van der Waals surface area contributed by atoms with E-state index in [9.17, 15) is 4.79 Å². The zero-order valence-corrected chi connectivity index (χ0v) is 20.0. The van der Waals surface area contributed by atoms with Gasteiger partial charge in [-0.25, -0.2) is 0 Å². The topological polar surface area (TPSA) is 84.0 Å². The average Bonchev–Trinajstić information content (AvgIpc) is 2.92. The summed E-state index contributed by atoms with van der Waals surface area (Å²) < 4.78 is 11.7. The fraction of sp³-hybridized carbons (Fsp3) is 0.600. The monoisotopic (exact) mass is 504 g/mol. The van der Waals surface area contributed by atoms with Crippen molar-refractivity contribution in [1.29, 1.82) is 0 Å². The first kappa shape index (κ1) is 24.3. The highest BCUT2D eigenvalue weighted by Gasteiger charge is 2.22. The molecule has 0 aromatic heterocycles. The van der Waals surface area contributed by atoms with Crippen LogP contribution in [0.4, 0.5) is 0 Å². The molecule has 1 aliphatic rings. The summed E-state index contributed by atoms with van der Waals surface area (Å²) in [6.07, 6.45) is 1.09. The van der Waals surface area contributed by atoms with Crippen LogP contribution in [0, 0.1) is 0 Å². The van der Waals surface area contributed by atoms with Crippen molar-refractivity contribution in [3.63, 3.8) is 0 Å². The maximum Gasteiger partial charge on any atom is 0.239 e. The number of halogens is 1. The Morgan fingerprint density at radius 3 is 2.64 bits per heavy atom. The van der Waals surface area contributed by atoms with E-state index in [1.807, 2.05) is 33.8 Å². The number of ether oxygens (including phenoxy) is 2. The summed E-state index contributed by atoms with van der Waals surface area (Å²) in [6, 6.07) is 4.09. The van der Waals surface area contributed by atoms with Crippen molar-refractivity contribution < 1.29 is 14.3 Å². The number of hydrogen-bond donors (Lipinski definition) is 3. The predicted molar refractivity (Wildman–Crippen MR) is 123 cm³/mol. The van der Waals surface area contributed by atoms with Crippen LogP contribution in [0.1, 0.15) is 45.7 Å². The lowest BCUT2D eigenvalue weighted by Crippen LogP contribution is -2.48. The third-order valence-electron chi connectivity index (χ3n) is 3.98. The fourth-order valence-electron chi connectivity index (χ4n) is 2.94. The van der Waals surface area contributed by atoms with Crippen molar-refractivity contribution in [3.8, 4) is 11.5 Å². The van der Waals surface area contributed by atoms with Crippen LogP contribution in [0.15, 0.2) is 17.1 Å². The van der Waals surface area contributed by atoms with Gasteiger partial charge in [0.05, 0.1) is 13.2 Å². The summed E-state index contributed by atoms with van der Waals surface area (Å²) in [7, 11) is 1.67. The quantitative estimate of drug-likeness (QED) is 0.315. The third-order valence-corrected chi connectivity index (χ3v) is 3.98. The van der Waals surface area contributed by atoms with E-state index >= 15 is 0 Å². The maximum absolute atomic E-state index is 12.0. The van der Waals surface area contributed by atoms with Gasteiger partial charge < -0.3 is 25.4 Å². The Morgan fingerprint density at radius 1 is 1.32 bits per heavy atom. The van der Waals surface area contributed by atoms with E-state index in [-0.39, 0.29) is 48.1 Å². The van der Waals surface area contributed by atoms with Gasteiger partial charge in [-0.3, -0.25) is 9.79 Å². The van der Waals surface area contributed by atoms with E-state index in [4.69, 9.17) is 9.47 Å². The van der Waals surface area contributed by atoms with Crippen LogP contribution in [0.5, 0.6) is 11.5 Å². The Hall–Kier alpha value is -1.71. The van der Waals surface area contributed by atoms with Gasteiger partial charge >= 0.3 is 0 Å². The lowest BCUT2D eigenvalue weighted by atomic mass is 10.1. The lowest BCUT2D eigenvalue weighted by Gasteiger charge is -2.21. The third kappa shape index (κ3) is 7.37. The fourth-order valence-corrected chi connectivity index (χ4v) is 2.94. The molecule has 8 heteroatoms. The van der Waals surface area contributed by atoms with E-state index in [1.54, 1.807) is 7.05 Å². The highest BCUT2D eigenvalue weighted by atomic mass is 127. The molecule has 1 unspecified atom stereocenters. The Labute approximate surface area is 185 Å². The number of rotatable bonds is 6. The number of amides is 1. The van der Waals surface area contributed by atoms with Crippen LogP contribution < -0.4 is 25.4 Å². The van der Waals surface area contributed by atoms with Crippen LogP contribution in [0.2, 0.25) is 0 Å². The van der Waals surface area contributed by atoms with Gasteiger partial charge in [0.1, 0.15) is 17.6 Å². The molecule has 1 atom stereocenters. The first-order chi connectivity index (χ1) is 12.7. The first-order valence-corrected chi connectivity index (χ1v) is 9.42. The molecule has 0 spiro atoms. The van der Waals surface area contributed by atoms with Gasteiger partial charge in [0.25, 0.3) is 0 Å². The first-order valence-electron chi connectivity index (χ1n) is 9.42. The number of guanidine groups is 1. The maximum atomic E-state index is 12.0. The number of fused-ring (bicyclic) bond motifs is 1. The summed E-state index contributed by atoms with van der Waals surface area (Å²) in [5.74, 6) is 2.23. The normalized spacial score (nSPS) is 15.8. The highest BCUT2D eigenvalue weighted by molar-refractivity contribution is 14.0. The molecule has 2 rings (SSSR count). The number of nitrogens with one attached hydrogen (secondary N) is 3. The number of hydrogen-bond acceptors (Lipinski definition) is 4. The van der Waals surface area contributed by atoms with Crippen molar-refractivity contribution in [1.82, 2.24) is 16.0 Å². The average molecular weight is 504 g/mol. The van der Waals surface area contributed by atoms with Crippen LogP contribution in [0.25, 0.3) is 0 Å². The zero-order chi connectivity index (χ0) is 20.0. The molecule has 1 aromatic carbocycles. The molecule has 1 heterocycles. The van der Waals surface area contributed by atoms with Gasteiger partial charge in [-0.05, 0) is 46.8 Å². The molecule has 0 saturated heterocycles. The van der Waals surface area contributed by atoms with Gasteiger partial charge in [0.2, 0.25) is 5.91 Å². The van der Waals surface area contributed by atoms with Crippen molar-refractivity contribution in [3.05, 3.63) is 23.3 Å². The van der Waals surface area contributed by atoms with Gasteiger partial charge in [0.15, 0.2) is 5.96 Å². The Morgan fingerprint density at radius 2 is 2.04 bits per heavy atom. The molecule has 158 valence electrons. The number of nitrogens with zero attached hydrogens (tertiary/aromatic N) is 1. The molecular formula is C20H33IN4O3. The molecule has 0 aliphatic carbocycles. The molecule has 1 aliphatic heterocycles. The van der Waals surface area contributed by atoms with E-state index in [1.165, 1.54) is 5.56 Å². The standard InChI is InChI=1S/C20H32N4O3.HI/c1-7-26-16-9-14-8-13(2)27-17(14)10-15(16)11-22-19(21-6)23-12-18(25)24-20(3,4)5;/h9-10,13H,7-8,11-12H2,1-6H3,(H,24,25)(H2,21,22,23);1H.